The van der Waals surface area contributed by atoms with Crippen molar-refractivity contribution in [2.75, 3.05) is 5.32 Å². The number of amides is 1. The standard InChI is InChI=1S/C15H12Cl2N4O/c1-8-6-9(2)21-14(19-8)10(7-18-21)15(22)20-13-11(16)4-3-5-12(13)17/h3-7H,1-2H3,(H,20,22). The van der Waals surface area contributed by atoms with E-state index in [-0.39, 0.29) is 5.91 Å². The number of aromatic nitrogens is 3. The lowest BCUT2D eigenvalue weighted by molar-refractivity contribution is 0.102. The van der Waals surface area contributed by atoms with Crippen molar-refractivity contribution in [2.24, 2.45) is 0 Å². The number of hydrogen-bond donors (Lipinski definition) is 1. The van der Waals surface area contributed by atoms with Gasteiger partial charge in [-0.1, -0.05) is 29.3 Å². The van der Waals surface area contributed by atoms with E-state index in [0.717, 1.165) is 11.4 Å². The molecule has 1 aromatic carbocycles. The highest BCUT2D eigenvalue weighted by molar-refractivity contribution is 6.40. The molecule has 3 rings (SSSR count). The quantitative estimate of drug-likeness (QED) is 0.772. The Kier molecular flexibility index (Phi) is 3.76. The summed E-state index contributed by atoms with van der Waals surface area (Å²) in [6.45, 7) is 3.77. The predicted octanol–water partition coefficient (Wildman–Crippen LogP) is 3.91. The molecule has 22 heavy (non-hydrogen) atoms. The van der Waals surface area contributed by atoms with Crippen LogP contribution in [0.5, 0.6) is 0 Å². The molecular formula is C15H12Cl2N4O. The fraction of sp³-hybridized carbons (Fsp3) is 0.133. The van der Waals surface area contributed by atoms with Crippen LogP contribution < -0.4 is 5.32 Å². The van der Waals surface area contributed by atoms with E-state index in [1.165, 1.54) is 6.20 Å². The molecular weight excluding hydrogens is 323 g/mol. The van der Waals surface area contributed by atoms with Gasteiger partial charge in [-0.25, -0.2) is 9.50 Å². The summed E-state index contributed by atoms with van der Waals surface area (Å²) >= 11 is 12.1. The zero-order valence-electron chi connectivity index (χ0n) is 11.9. The Morgan fingerprint density at radius 3 is 2.59 bits per heavy atom. The molecule has 0 bridgehead atoms. The first-order chi connectivity index (χ1) is 10.5. The van der Waals surface area contributed by atoms with Gasteiger partial charge in [-0.05, 0) is 32.0 Å². The maximum absolute atomic E-state index is 12.5. The first kappa shape index (κ1) is 14.8. The number of rotatable bonds is 2. The van der Waals surface area contributed by atoms with Gasteiger partial charge in [-0.3, -0.25) is 4.79 Å². The minimum Gasteiger partial charge on any atom is -0.319 e. The average Bonchev–Trinajstić information content (AvgIpc) is 2.87. The summed E-state index contributed by atoms with van der Waals surface area (Å²) in [5.74, 6) is -0.359. The van der Waals surface area contributed by atoms with Crippen LogP contribution in [0.4, 0.5) is 5.69 Å². The Hall–Kier alpha value is -2.11. The summed E-state index contributed by atoms with van der Waals surface area (Å²) < 4.78 is 1.62. The number of para-hydroxylation sites is 1. The fourth-order valence-electron chi connectivity index (χ4n) is 2.23. The van der Waals surface area contributed by atoms with E-state index in [1.54, 1.807) is 22.7 Å². The molecule has 0 spiro atoms. The Morgan fingerprint density at radius 1 is 1.23 bits per heavy atom. The summed E-state index contributed by atoms with van der Waals surface area (Å²) in [6.07, 6.45) is 1.48. The van der Waals surface area contributed by atoms with Gasteiger partial charge in [0.2, 0.25) is 0 Å². The molecule has 7 heteroatoms. The first-order valence-corrected chi connectivity index (χ1v) is 7.30. The van der Waals surface area contributed by atoms with Gasteiger partial charge in [0.15, 0.2) is 5.65 Å². The van der Waals surface area contributed by atoms with Crippen LogP contribution in [0.25, 0.3) is 5.65 Å². The van der Waals surface area contributed by atoms with Gasteiger partial charge in [0.05, 0.1) is 21.9 Å². The van der Waals surface area contributed by atoms with E-state index in [2.05, 4.69) is 15.4 Å². The number of carbonyl (C=O) groups excluding carboxylic acids is 1. The zero-order chi connectivity index (χ0) is 15.9. The summed E-state index contributed by atoms with van der Waals surface area (Å²) in [5, 5.41) is 7.66. The molecule has 0 fully saturated rings. The van der Waals surface area contributed by atoms with Gasteiger partial charge in [-0.2, -0.15) is 5.10 Å². The highest BCUT2D eigenvalue weighted by Gasteiger charge is 2.17. The first-order valence-electron chi connectivity index (χ1n) is 6.54. The Labute approximate surface area is 136 Å². The van der Waals surface area contributed by atoms with E-state index in [0.29, 0.717) is 26.9 Å². The van der Waals surface area contributed by atoms with Crippen LogP contribution >= 0.6 is 23.2 Å². The highest BCUT2D eigenvalue weighted by atomic mass is 35.5. The Bertz CT molecular complexity index is 868. The summed E-state index contributed by atoms with van der Waals surface area (Å²) in [4.78, 5) is 16.9. The molecule has 0 unspecified atom stereocenters. The van der Waals surface area contributed by atoms with Crippen LogP contribution in [0.15, 0.2) is 30.5 Å². The number of benzene rings is 1. The number of anilines is 1. The van der Waals surface area contributed by atoms with Gasteiger partial charge < -0.3 is 5.32 Å². The molecule has 0 saturated heterocycles. The number of hydrogen-bond acceptors (Lipinski definition) is 3. The average molecular weight is 335 g/mol. The van der Waals surface area contributed by atoms with Crippen LogP contribution in [0.3, 0.4) is 0 Å². The molecule has 1 amide bonds. The number of nitrogens with zero attached hydrogens (tertiary/aromatic N) is 3. The second-order valence-electron chi connectivity index (χ2n) is 4.88. The summed E-state index contributed by atoms with van der Waals surface area (Å²) in [6, 6.07) is 6.92. The van der Waals surface area contributed by atoms with E-state index >= 15 is 0 Å². The van der Waals surface area contributed by atoms with Crippen LogP contribution in [0, 0.1) is 13.8 Å². The van der Waals surface area contributed by atoms with Crippen molar-refractivity contribution >= 4 is 40.4 Å². The van der Waals surface area contributed by atoms with Crippen molar-refractivity contribution in [3.05, 3.63) is 57.5 Å². The molecule has 2 aromatic heterocycles. The van der Waals surface area contributed by atoms with Crippen molar-refractivity contribution in [1.29, 1.82) is 0 Å². The van der Waals surface area contributed by atoms with E-state index in [4.69, 9.17) is 23.2 Å². The third-order valence-corrected chi connectivity index (χ3v) is 3.85. The van der Waals surface area contributed by atoms with Gasteiger partial charge >= 0.3 is 0 Å². The van der Waals surface area contributed by atoms with E-state index in [1.807, 2.05) is 19.9 Å². The van der Waals surface area contributed by atoms with Crippen molar-refractivity contribution < 1.29 is 4.79 Å². The van der Waals surface area contributed by atoms with Crippen molar-refractivity contribution in [3.63, 3.8) is 0 Å². The smallest absolute Gasteiger partial charge is 0.261 e. The highest BCUT2D eigenvalue weighted by Crippen LogP contribution is 2.30. The molecule has 0 radical (unpaired) electrons. The van der Waals surface area contributed by atoms with Crippen LogP contribution in [0.2, 0.25) is 10.0 Å². The fourth-order valence-corrected chi connectivity index (χ4v) is 2.72. The minimum absolute atomic E-state index is 0.359. The van der Waals surface area contributed by atoms with Gasteiger partial charge in [0, 0.05) is 11.4 Å². The van der Waals surface area contributed by atoms with Crippen LogP contribution in [-0.4, -0.2) is 20.5 Å². The zero-order valence-corrected chi connectivity index (χ0v) is 13.4. The van der Waals surface area contributed by atoms with Crippen LogP contribution in [0.1, 0.15) is 21.7 Å². The number of aryl methyl sites for hydroxylation is 2. The second-order valence-corrected chi connectivity index (χ2v) is 5.70. The van der Waals surface area contributed by atoms with Gasteiger partial charge in [0.1, 0.15) is 5.56 Å². The molecule has 0 aliphatic heterocycles. The number of fused-ring (bicyclic) bond motifs is 1. The minimum atomic E-state index is -0.359. The third-order valence-electron chi connectivity index (χ3n) is 3.22. The maximum atomic E-state index is 12.5. The van der Waals surface area contributed by atoms with Gasteiger partial charge in [0.25, 0.3) is 5.91 Å². The number of nitrogens with one attached hydrogen (secondary N) is 1. The molecule has 3 aromatic rings. The predicted molar refractivity (Wildman–Crippen MR) is 86.9 cm³/mol. The van der Waals surface area contributed by atoms with Crippen molar-refractivity contribution in [3.8, 4) is 0 Å². The second kappa shape index (κ2) is 5.59. The maximum Gasteiger partial charge on any atom is 0.261 e. The van der Waals surface area contributed by atoms with Crippen LogP contribution in [-0.2, 0) is 0 Å². The molecule has 0 atom stereocenters. The number of carbonyl (C=O) groups is 1. The normalized spacial score (nSPS) is 10.9. The van der Waals surface area contributed by atoms with Crippen molar-refractivity contribution in [2.45, 2.75) is 13.8 Å². The molecule has 0 aliphatic rings. The Morgan fingerprint density at radius 2 is 1.91 bits per heavy atom. The SMILES string of the molecule is Cc1cc(C)n2ncc(C(=O)Nc3c(Cl)cccc3Cl)c2n1. The van der Waals surface area contributed by atoms with Gasteiger partial charge in [-0.15, -0.1) is 0 Å². The molecule has 0 saturated carbocycles. The topological polar surface area (TPSA) is 59.3 Å². The molecule has 2 heterocycles. The lowest BCUT2D eigenvalue weighted by atomic mass is 10.2. The third kappa shape index (κ3) is 2.53. The lowest BCUT2D eigenvalue weighted by Gasteiger charge is -2.08. The number of halogens is 2. The van der Waals surface area contributed by atoms with Crippen molar-refractivity contribution in [1.82, 2.24) is 14.6 Å². The van der Waals surface area contributed by atoms with E-state index in [9.17, 15) is 4.79 Å². The molecule has 112 valence electrons. The largest absolute Gasteiger partial charge is 0.319 e. The monoisotopic (exact) mass is 334 g/mol. The van der Waals surface area contributed by atoms with E-state index < -0.39 is 0 Å². The lowest BCUT2D eigenvalue weighted by Crippen LogP contribution is -2.13. The molecule has 1 N–H and O–H groups in total. The molecule has 5 nitrogen and oxygen atoms in total. The molecule has 0 aliphatic carbocycles. The summed E-state index contributed by atoms with van der Waals surface area (Å²) in [7, 11) is 0. The summed E-state index contributed by atoms with van der Waals surface area (Å²) in [5.41, 5.74) is 2.95. The Balaban J connectivity index is 2.03.